The maximum Gasteiger partial charge on any atom is 0.0278 e. The lowest BCUT2D eigenvalue weighted by molar-refractivity contribution is 0.285. The molecule has 9 atom stereocenters. The highest BCUT2D eigenvalue weighted by atomic mass is 32.1. The molecule has 0 aromatic carbocycles. The van der Waals surface area contributed by atoms with E-state index in [0.29, 0.717) is 47.8 Å². The Hall–Kier alpha value is -0.550. The van der Waals surface area contributed by atoms with E-state index in [1.807, 2.05) is 19.9 Å². The van der Waals surface area contributed by atoms with E-state index >= 15 is 0 Å². The van der Waals surface area contributed by atoms with Crippen LogP contribution in [-0.4, -0.2) is 36.5 Å². The predicted octanol–water partition coefficient (Wildman–Crippen LogP) is 13.6. The number of nitrogens with two attached hydrogens (primary N) is 1. The molecule has 0 fully saturated rings. The van der Waals surface area contributed by atoms with Crippen molar-refractivity contribution in [3.63, 3.8) is 0 Å². The van der Waals surface area contributed by atoms with Gasteiger partial charge in [-0.1, -0.05) is 174 Å². The summed E-state index contributed by atoms with van der Waals surface area (Å²) < 4.78 is 0. The van der Waals surface area contributed by atoms with Crippen molar-refractivity contribution < 1.29 is 0 Å². The van der Waals surface area contributed by atoms with Crippen LogP contribution in [0.15, 0.2) is 37.5 Å². The van der Waals surface area contributed by atoms with Crippen molar-refractivity contribution in [1.82, 2.24) is 10.6 Å². The van der Waals surface area contributed by atoms with E-state index in [4.69, 9.17) is 5.73 Å². The van der Waals surface area contributed by atoms with Gasteiger partial charge < -0.3 is 16.4 Å². The predicted molar refractivity (Wildman–Crippen MR) is 236 cm³/mol. The van der Waals surface area contributed by atoms with Crippen molar-refractivity contribution in [3.8, 4) is 0 Å². The van der Waals surface area contributed by atoms with Crippen LogP contribution in [0.4, 0.5) is 0 Å². The molecule has 4 heteroatoms. The summed E-state index contributed by atoms with van der Waals surface area (Å²) in [5.74, 6) is 5.83. The first-order chi connectivity index (χ1) is 23.0. The topological polar surface area (TPSA) is 50.1 Å². The van der Waals surface area contributed by atoms with Crippen LogP contribution in [0.5, 0.6) is 0 Å². The number of unbranched alkanes of at least 4 members (excludes halogenated alkanes) is 1. The molecular formula is C45H97N3S. The van der Waals surface area contributed by atoms with Crippen LogP contribution >= 0.6 is 12.6 Å². The van der Waals surface area contributed by atoms with Gasteiger partial charge in [0, 0.05) is 24.2 Å². The van der Waals surface area contributed by atoms with Crippen molar-refractivity contribution in [2.24, 2.45) is 47.2 Å². The van der Waals surface area contributed by atoms with E-state index in [0.717, 1.165) is 36.5 Å². The lowest BCUT2D eigenvalue weighted by Gasteiger charge is -2.32. The molecule has 0 saturated heterocycles. The standard InChI is InChI=1S/C16H31N.C15H31N.C6H15N.C6H14S.C2H6/c1-8-11-16(13(6)9-2)17-15(10-3)14(7)12(4)5;1-7-10-11-15(13(5)9-3)16-14(6)12(4)8-2;1-5(2)6(3)4-7;1-3-4-6(2)5-7;1-2/h9-10,12-17H,2-3,8,11H2,1,4-7H3;13-16H,4,7-11H2,1-3,5-6H3;5-6H,4,7H2,1-3H3;6-7H,3-5H2,1-2H3;1-2H3. The third-order valence-corrected chi connectivity index (χ3v) is 10.8. The molecule has 0 aromatic rings. The number of thiol groups is 1. The maximum absolute atomic E-state index is 5.37. The Kier molecular flexibility index (Phi) is 47.4. The molecule has 49 heavy (non-hydrogen) atoms. The molecular weight excluding hydrogens is 615 g/mol. The van der Waals surface area contributed by atoms with E-state index < -0.39 is 0 Å². The minimum atomic E-state index is 0.397. The number of hydrogen-bond acceptors (Lipinski definition) is 4. The first kappa shape index (κ1) is 57.8. The number of hydrogen-bond donors (Lipinski definition) is 4. The first-order valence-electron chi connectivity index (χ1n) is 20.8. The molecule has 4 N–H and O–H groups in total. The molecule has 0 bridgehead atoms. The van der Waals surface area contributed by atoms with E-state index in [-0.39, 0.29) is 0 Å². The Labute approximate surface area is 318 Å². The molecule has 0 aliphatic carbocycles. The molecule has 0 amide bonds. The molecule has 0 aromatic heterocycles. The third-order valence-electron chi connectivity index (χ3n) is 10.2. The van der Waals surface area contributed by atoms with Crippen molar-refractivity contribution in [1.29, 1.82) is 0 Å². The summed E-state index contributed by atoms with van der Waals surface area (Å²) in [6.07, 6.45) is 15.4. The van der Waals surface area contributed by atoms with Gasteiger partial charge in [-0.25, -0.2) is 0 Å². The van der Waals surface area contributed by atoms with Crippen molar-refractivity contribution in [2.45, 2.75) is 200 Å². The summed E-state index contributed by atoms with van der Waals surface area (Å²) in [4.78, 5) is 0. The van der Waals surface area contributed by atoms with E-state index in [2.05, 4.69) is 153 Å². The van der Waals surface area contributed by atoms with Crippen molar-refractivity contribution in [3.05, 3.63) is 37.5 Å². The van der Waals surface area contributed by atoms with Crippen LogP contribution in [0, 0.1) is 41.4 Å². The molecule has 9 unspecified atom stereocenters. The highest BCUT2D eigenvalue weighted by molar-refractivity contribution is 7.80. The van der Waals surface area contributed by atoms with Crippen LogP contribution in [0.2, 0.25) is 0 Å². The average molecular weight is 712 g/mol. The Bertz CT molecular complexity index is 691. The van der Waals surface area contributed by atoms with Gasteiger partial charge in [-0.2, -0.15) is 12.6 Å². The molecule has 0 rings (SSSR count). The minimum absolute atomic E-state index is 0.397. The second-order valence-corrected chi connectivity index (χ2v) is 15.5. The quantitative estimate of drug-likeness (QED) is 0.0630. The molecule has 0 spiro atoms. The summed E-state index contributed by atoms with van der Waals surface area (Å²) in [7, 11) is 0. The SMILES string of the molecule is C=C(CC)C(C)NC(CCCC)C(C)CC.C=CC(C)C(CCC)NC(C=C)C(C)C(C)C.CC.CC(C)C(C)CN.CCCC(C)CS. The highest BCUT2D eigenvalue weighted by Crippen LogP contribution is 2.19. The maximum atomic E-state index is 5.37. The van der Waals surface area contributed by atoms with Gasteiger partial charge in [0.15, 0.2) is 0 Å². The summed E-state index contributed by atoms with van der Waals surface area (Å²) >= 11 is 4.15. The van der Waals surface area contributed by atoms with Gasteiger partial charge in [-0.3, -0.25) is 0 Å². The molecule has 0 radical (unpaired) electrons. The Morgan fingerprint density at radius 3 is 1.51 bits per heavy atom. The van der Waals surface area contributed by atoms with E-state index in [1.165, 1.54) is 56.9 Å². The van der Waals surface area contributed by atoms with Crippen molar-refractivity contribution >= 4 is 12.6 Å². The lowest BCUT2D eigenvalue weighted by Crippen LogP contribution is -2.44. The Morgan fingerprint density at radius 2 is 1.22 bits per heavy atom. The van der Waals surface area contributed by atoms with Gasteiger partial charge in [0.2, 0.25) is 0 Å². The second kappa shape index (κ2) is 40.2. The van der Waals surface area contributed by atoms with Gasteiger partial charge in [-0.15, -0.1) is 13.2 Å². The zero-order valence-electron chi connectivity index (χ0n) is 36.9. The summed E-state index contributed by atoms with van der Waals surface area (Å²) in [6, 6.07) is 2.03. The fraction of sp³-hybridized carbons (Fsp3) is 0.867. The van der Waals surface area contributed by atoms with Crippen molar-refractivity contribution in [2.75, 3.05) is 12.3 Å². The van der Waals surface area contributed by atoms with Crippen LogP contribution in [0.25, 0.3) is 0 Å². The molecule has 0 aliphatic heterocycles. The van der Waals surface area contributed by atoms with E-state index in [9.17, 15) is 0 Å². The third kappa shape index (κ3) is 34.3. The smallest absolute Gasteiger partial charge is 0.0278 e. The Morgan fingerprint density at radius 1 is 0.694 bits per heavy atom. The first-order valence-corrected chi connectivity index (χ1v) is 21.4. The lowest BCUT2D eigenvalue weighted by atomic mass is 9.88. The normalized spacial score (nSPS) is 16.2. The van der Waals surface area contributed by atoms with Crippen LogP contribution < -0.4 is 16.4 Å². The highest BCUT2D eigenvalue weighted by Gasteiger charge is 2.22. The van der Waals surface area contributed by atoms with Crippen LogP contribution in [0.3, 0.4) is 0 Å². The van der Waals surface area contributed by atoms with E-state index in [1.54, 1.807) is 0 Å². The zero-order valence-corrected chi connectivity index (χ0v) is 37.8. The summed E-state index contributed by atoms with van der Waals surface area (Å²) in [5, 5.41) is 7.50. The fourth-order valence-electron chi connectivity index (χ4n) is 4.91. The summed E-state index contributed by atoms with van der Waals surface area (Å²) in [5.41, 5.74) is 6.70. The molecule has 298 valence electrons. The number of nitrogens with one attached hydrogen (secondary N) is 2. The Balaban J connectivity index is -0.000000185. The number of rotatable bonds is 23. The van der Waals surface area contributed by atoms with Crippen LogP contribution in [-0.2, 0) is 0 Å². The average Bonchev–Trinajstić information content (AvgIpc) is 3.11. The zero-order chi connectivity index (χ0) is 39.5. The van der Waals surface area contributed by atoms with Gasteiger partial charge >= 0.3 is 0 Å². The monoisotopic (exact) mass is 712 g/mol. The molecule has 3 nitrogen and oxygen atoms in total. The summed E-state index contributed by atoms with van der Waals surface area (Å²) in [6.45, 7) is 50.5. The fourth-order valence-corrected chi connectivity index (χ4v) is 5.09. The molecule has 0 heterocycles. The molecule has 0 saturated carbocycles. The van der Waals surface area contributed by atoms with Crippen LogP contribution in [0.1, 0.15) is 175 Å². The van der Waals surface area contributed by atoms with Gasteiger partial charge in [0.05, 0.1) is 0 Å². The largest absolute Gasteiger partial charge is 0.330 e. The minimum Gasteiger partial charge on any atom is -0.330 e. The second-order valence-electron chi connectivity index (χ2n) is 15.1. The van der Waals surface area contributed by atoms with Gasteiger partial charge in [0.1, 0.15) is 0 Å². The molecule has 0 aliphatic rings. The van der Waals surface area contributed by atoms with Gasteiger partial charge in [-0.05, 0) is 79.9 Å². The van der Waals surface area contributed by atoms with Gasteiger partial charge in [0.25, 0.3) is 0 Å².